The maximum atomic E-state index is 4.82. The summed E-state index contributed by atoms with van der Waals surface area (Å²) in [5.74, 6) is 0. The highest BCUT2D eigenvalue weighted by molar-refractivity contribution is 4.90. The topological polar surface area (TPSA) is 39.9 Å². The van der Waals surface area contributed by atoms with E-state index in [0.29, 0.717) is 0 Å². The molecular formula is C5H9N3O. The Kier molecular flexibility index (Phi) is 1.67. The van der Waals surface area contributed by atoms with Crippen LogP contribution in [-0.4, -0.2) is 22.3 Å². The Morgan fingerprint density at radius 3 is 3.00 bits per heavy atom. The molecule has 0 aromatic carbocycles. The van der Waals surface area contributed by atoms with Crippen LogP contribution in [0.2, 0.25) is 0 Å². The van der Waals surface area contributed by atoms with E-state index in [-0.39, 0.29) is 0 Å². The third-order valence-electron chi connectivity index (χ3n) is 1.12. The minimum absolute atomic E-state index is 0.890. The van der Waals surface area contributed by atoms with Crippen LogP contribution in [0.25, 0.3) is 0 Å². The van der Waals surface area contributed by atoms with Gasteiger partial charge in [-0.3, -0.25) is 0 Å². The van der Waals surface area contributed by atoms with Crippen molar-refractivity contribution in [3.05, 3.63) is 11.9 Å². The van der Waals surface area contributed by atoms with Gasteiger partial charge in [-0.1, -0.05) is 11.8 Å². The first kappa shape index (κ1) is 6.07. The Morgan fingerprint density at radius 1 is 1.78 bits per heavy atom. The van der Waals surface area contributed by atoms with Crippen molar-refractivity contribution < 1.29 is 4.84 Å². The summed E-state index contributed by atoms with van der Waals surface area (Å²) in [5, 5.41) is 7.30. The summed E-state index contributed by atoms with van der Waals surface area (Å²) in [6.07, 6.45) is 2.57. The van der Waals surface area contributed by atoms with Crippen LogP contribution in [0.5, 0.6) is 0 Å². The van der Waals surface area contributed by atoms with Crippen LogP contribution in [0, 0.1) is 0 Å². The number of nitrogens with zero attached hydrogens (tertiary/aromatic N) is 3. The number of hydrogen-bond donors (Lipinski definition) is 0. The smallest absolute Gasteiger partial charge is 0.106 e. The zero-order valence-electron chi connectivity index (χ0n) is 5.53. The number of hydrogen-bond acceptors (Lipinski definition) is 3. The molecule has 0 aliphatic carbocycles. The molecule has 9 heavy (non-hydrogen) atoms. The van der Waals surface area contributed by atoms with E-state index in [1.807, 2.05) is 6.92 Å². The summed E-state index contributed by atoms with van der Waals surface area (Å²) in [6, 6.07) is 0. The molecule has 0 amide bonds. The lowest BCUT2D eigenvalue weighted by molar-refractivity contribution is 0.122. The summed E-state index contributed by atoms with van der Waals surface area (Å²) in [6.45, 7) is 2.02. The van der Waals surface area contributed by atoms with Gasteiger partial charge >= 0.3 is 0 Å². The van der Waals surface area contributed by atoms with Crippen LogP contribution in [-0.2, 0) is 6.42 Å². The maximum absolute atomic E-state index is 4.82. The molecule has 0 aliphatic heterocycles. The summed E-state index contributed by atoms with van der Waals surface area (Å²) < 4.78 is 0. The van der Waals surface area contributed by atoms with Gasteiger partial charge in [-0.15, -0.1) is 5.10 Å². The average molecular weight is 127 g/mol. The Balaban J connectivity index is 2.85. The molecule has 50 valence electrons. The van der Waals surface area contributed by atoms with Gasteiger partial charge in [-0.05, 0) is 11.6 Å². The van der Waals surface area contributed by atoms with Gasteiger partial charge in [-0.25, -0.2) is 0 Å². The Hall–Kier alpha value is -1.06. The predicted molar refractivity (Wildman–Crippen MR) is 31.9 cm³/mol. The first-order chi connectivity index (χ1) is 4.38. The van der Waals surface area contributed by atoms with E-state index in [9.17, 15) is 0 Å². The van der Waals surface area contributed by atoms with E-state index in [0.717, 1.165) is 12.1 Å². The summed E-state index contributed by atoms with van der Waals surface area (Å²) in [5.41, 5.74) is 0.984. The highest BCUT2D eigenvalue weighted by Crippen LogP contribution is 1.92. The van der Waals surface area contributed by atoms with Crippen LogP contribution >= 0.6 is 0 Å². The molecule has 1 rings (SSSR count). The van der Waals surface area contributed by atoms with Gasteiger partial charge in [-0.2, -0.15) is 0 Å². The molecule has 0 spiro atoms. The van der Waals surface area contributed by atoms with Crippen LogP contribution in [0.3, 0.4) is 0 Å². The van der Waals surface area contributed by atoms with Gasteiger partial charge in [0.25, 0.3) is 0 Å². The van der Waals surface area contributed by atoms with E-state index in [1.165, 1.54) is 4.85 Å². The normalized spacial score (nSPS) is 9.56. The molecule has 0 unspecified atom stereocenters. The lowest BCUT2D eigenvalue weighted by atomic mass is 10.4. The third kappa shape index (κ3) is 1.01. The highest BCUT2D eigenvalue weighted by Gasteiger charge is 1.97. The summed E-state index contributed by atoms with van der Waals surface area (Å²) in [7, 11) is 1.56. The molecule has 4 nitrogen and oxygen atoms in total. The fraction of sp³-hybridized carbons (Fsp3) is 0.600. The van der Waals surface area contributed by atoms with E-state index < -0.39 is 0 Å². The molecule has 0 N–H and O–H groups in total. The monoisotopic (exact) mass is 127 g/mol. The van der Waals surface area contributed by atoms with Gasteiger partial charge in [0.05, 0.1) is 6.20 Å². The van der Waals surface area contributed by atoms with Crippen molar-refractivity contribution in [2.45, 2.75) is 13.3 Å². The molecule has 0 bridgehead atoms. The molecule has 4 heteroatoms. The molecule has 0 fully saturated rings. The molecule has 0 saturated heterocycles. The van der Waals surface area contributed by atoms with Gasteiger partial charge in [0.2, 0.25) is 0 Å². The van der Waals surface area contributed by atoms with Crippen molar-refractivity contribution in [2.75, 3.05) is 7.11 Å². The molecule has 1 aromatic heterocycles. The quantitative estimate of drug-likeness (QED) is 0.557. The molecule has 0 radical (unpaired) electrons. The van der Waals surface area contributed by atoms with E-state index >= 15 is 0 Å². The number of rotatable bonds is 2. The first-order valence-corrected chi connectivity index (χ1v) is 2.82. The Labute approximate surface area is 53.4 Å². The van der Waals surface area contributed by atoms with Gasteiger partial charge in [0.15, 0.2) is 0 Å². The van der Waals surface area contributed by atoms with Crippen LogP contribution < -0.4 is 4.84 Å². The molecule has 0 aliphatic rings. The fourth-order valence-corrected chi connectivity index (χ4v) is 0.627. The summed E-state index contributed by atoms with van der Waals surface area (Å²) in [4.78, 5) is 6.22. The first-order valence-electron chi connectivity index (χ1n) is 2.82. The zero-order chi connectivity index (χ0) is 6.69. The molecule has 1 heterocycles. The molecular weight excluding hydrogens is 118 g/mol. The van der Waals surface area contributed by atoms with Crippen molar-refractivity contribution in [2.24, 2.45) is 0 Å². The minimum Gasteiger partial charge on any atom is -0.399 e. The molecule has 0 atom stereocenters. The van der Waals surface area contributed by atoms with Crippen molar-refractivity contribution >= 4 is 0 Å². The van der Waals surface area contributed by atoms with Crippen molar-refractivity contribution in [1.82, 2.24) is 15.2 Å². The second-order valence-corrected chi connectivity index (χ2v) is 1.63. The Bertz CT molecular complexity index is 166. The van der Waals surface area contributed by atoms with Gasteiger partial charge < -0.3 is 4.84 Å². The highest BCUT2D eigenvalue weighted by atomic mass is 16.7. The van der Waals surface area contributed by atoms with Crippen LogP contribution in [0.4, 0.5) is 0 Å². The lowest BCUT2D eigenvalue weighted by Gasteiger charge is -1.97. The number of aromatic nitrogens is 3. The SMILES string of the molecule is CCc1cnnn1OC. The molecule has 1 aromatic rings. The minimum atomic E-state index is 0.890. The lowest BCUT2D eigenvalue weighted by Crippen LogP contribution is -2.10. The van der Waals surface area contributed by atoms with Crippen molar-refractivity contribution in [3.8, 4) is 0 Å². The van der Waals surface area contributed by atoms with Crippen molar-refractivity contribution in [1.29, 1.82) is 0 Å². The second-order valence-electron chi connectivity index (χ2n) is 1.63. The molecule has 0 saturated carbocycles. The summed E-state index contributed by atoms with van der Waals surface area (Å²) >= 11 is 0. The van der Waals surface area contributed by atoms with Gasteiger partial charge in [0.1, 0.15) is 12.8 Å². The van der Waals surface area contributed by atoms with Gasteiger partial charge in [0, 0.05) is 0 Å². The maximum Gasteiger partial charge on any atom is 0.106 e. The predicted octanol–water partition coefficient (Wildman–Crippen LogP) is -0.101. The van der Waals surface area contributed by atoms with Crippen LogP contribution in [0.15, 0.2) is 6.20 Å². The van der Waals surface area contributed by atoms with Crippen LogP contribution in [0.1, 0.15) is 12.6 Å². The fourth-order valence-electron chi connectivity index (χ4n) is 0.627. The van der Waals surface area contributed by atoms with E-state index in [1.54, 1.807) is 13.3 Å². The Morgan fingerprint density at radius 2 is 2.56 bits per heavy atom. The average Bonchev–Trinajstić information content (AvgIpc) is 2.33. The number of aryl methyl sites for hydroxylation is 1. The second kappa shape index (κ2) is 2.48. The largest absolute Gasteiger partial charge is 0.399 e. The van der Waals surface area contributed by atoms with E-state index in [4.69, 9.17) is 4.84 Å². The van der Waals surface area contributed by atoms with E-state index in [2.05, 4.69) is 10.3 Å². The standard InChI is InChI=1S/C5H9N3O/c1-3-5-4-6-7-8(5)9-2/h4H,3H2,1-2H3. The zero-order valence-corrected chi connectivity index (χ0v) is 5.53. The van der Waals surface area contributed by atoms with Crippen molar-refractivity contribution in [3.63, 3.8) is 0 Å². The third-order valence-corrected chi connectivity index (χ3v) is 1.12.